The lowest BCUT2D eigenvalue weighted by Crippen LogP contribution is -2.33. The number of amides is 1. The predicted molar refractivity (Wildman–Crippen MR) is 133 cm³/mol. The number of ether oxygens (including phenoxy) is 3. The maximum absolute atomic E-state index is 13.2. The van der Waals surface area contributed by atoms with E-state index in [1.165, 1.54) is 0 Å². The van der Waals surface area contributed by atoms with Crippen molar-refractivity contribution < 1.29 is 19.0 Å². The second kappa shape index (κ2) is 8.83. The topological polar surface area (TPSA) is 74.6 Å². The Bertz CT molecular complexity index is 1250. The number of rotatable bonds is 5. The summed E-state index contributed by atoms with van der Waals surface area (Å²) in [5.74, 6) is 2.00. The van der Waals surface area contributed by atoms with Gasteiger partial charge in [0.25, 0.3) is 5.91 Å². The molecule has 1 N–H and O–H groups in total. The Kier molecular flexibility index (Phi) is 5.85. The fourth-order valence-corrected chi connectivity index (χ4v) is 4.78. The van der Waals surface area contributed by atoms with Crippen molar-refractivity contribution in [2.45, 2.75) is 40.2 Å². The van der Waals surface area contributed by atoms with Gasteiger partial charge in [0.2, 0.25) is 0 Å². The molecule has 0 bridgehead atoms. The molecule has 1 aromatic carbocycles. The first kappa shape index (κ1) is 22.5. The van der Waals surface area contributed by atoms with Crippen LogP contribution in [0.2, 0.25) is 0 Å². The van der Waals surface area contributed by atoms with E-state index in [2.05, 4.69) is 32.2 Å². The van der Waals surface area contributed by atoms with Crippen molar-refractivity contribution in [2.75, 3.05) is 20.3 Å². The van der Waals surface area contributed by atoms with E-state index in [1.807, 2.05) is 33.6 Å². The van der Waals surface area contributed by atoms with Gasteiger partial charge in [0.15, 0.2) is 5.69 Å². The highest BCUT2D eigenvalue weighted by Gasteiger charge is 2.32. The molecular weight excluding hydrogens is 450 g/mol. The van der Waals surface area contributed by atoms with Crippen molar-refractivity contribution in [3.63, 3.8) is 0 Å². The van der Waals surface area contributed by atoms with Crippen LogP contribution in [0.25, 0.3) is 22.7 Å². The molecule has 0 radical (unpaired) electrons. The summed E-state index contributed by atoms with van der Waals surface area (Å²) in [4.78, 5) is 13.2. The van der Waals surface area contributed by atoms with Crippen LogP contribution in [0.15, 0.2) is 35.0 Å². The molecular formula is C26H29N3O4S. The van der Waals surface area contributed by atoms with Crippen molar-refractivity contribution in [1.29, 1.82) is 0 Å². The summed E-state index contributed by atoms with van der Waals surface area (Å²) in [6.07, 6.45) is 4.06. The molecule has 4 heterocycles. The van der Waals surface area contributed by atoms with Crippen molar-refractivity contribution >= 4 is 23.0 Å². The van der Waals surface area contributed by atoms with E-state index in [9.17, 15) is 4.79 Å². The first-order chi connectivity index (χ1) is 16.4. The van der Waals surface area contributed by atoms with Gasteiger partial charge in [-0.3, -0.25) is 4.79 Å². The predicted octanol–water partition coefficient (Wildman–Crippen LogP) is 5.43. The molecule has 3 aromatic rings. The number of benzene rings is 1. The molecule has 0 aliphatic carbocycles. The summed E-state index contributed by atoms with van der Waals surface area (Å²) in [6.45, 7) is 7.75. The minimum atomic E-state index is -0.195. The Morgan fingerprint density at radius 2 is 2.12 bits per heavy atom. The molecule has 0 saturated carbocycles. The lowest BCUT2D eigenvalue weighted by molar-refractivity contribution is 0.0931. The average Bonchev–Trinajstić information content (AvgIpc) is 3.50. The molecule has 7 nitrogen and oxygen atoms in total. The number of allylic oxidation sites excluding steroid dienone is 1. The zero-order valence-electron chi connectivity index (χ0n) is 19.9. The first-order valence-corrected chi connectivity index (χ1v) is 12.4. The van der Waals surface area contributed by atoms with Gasteiger partial charge in [0.1, 0.15) is 23.9 Å². The van der Waals surface area contributed by atoms with Gasteiger partial charge >= 0.3 is 0 Å². The lowest BCUT2D eigenvalue weighted by atomic mass is 9.96. The van der Waals surface area contributed by atoms with Crippen LogP contribution in [0.3, 0.4) is 0 Å². The fraction of sp³-hybridized carbons (Fsp3) is 0.385. The van der Waals surface area contributed by atoms with Crippen molar-refractivity contribution in [3.05, 3.63) is 51.9 Å². The largest absolute Gasteiger partial charge is 0.496 e. The summed E-state index contributed by atoms with van der Waals surface area (Å²) < 4.78 is 19.6. The van der Waals surface area contributed by atoms with Crippen LogP contribution in [0.4, 0.5) is 0 Å². The van der Waals surface area contributed by atoms with Crippen LogP contribution < -0.4 is 14.8 Å². The lowest BCUT2D eigenvalue weighted by Gasteiger charge is -2.24. The normalized spacial score (nSPS) is 14.9. The smallest absolute Gasteiger partial charge is 0.272 e. The molecule has 1 amide bonds. The maximum atomic E-state index is 13.2. The van der Waals surface area contributed by atoms with E-state index in [0.717, 1.165) is 46.7 Å². The van der Waals surface area contributed by atoms with Gasteiger partial charge < -0.3 is 19.5 Å². The highest BCUT2D eigenvalue weighted by Crippen LogP contribution is 2.45. The number of fused-ring (bicyclic) bond motifs is 3. The fourth-order valence-electron chi connectivity index (χ4n) is 4.16. The minimum absolute atomic E-state index is 0.0338. The van der Waals surface area contributed by atoms with E-state index in [0.29, 0.717) is 30.3 Å². The van der Waals surface area contributed by atoms with Gasteiger partial charge in [-0.05, 0) is 41.8 Å². The third kappa shape index (κ3) is 4.18. The Balaban J connectivity index is 1.66. The van der Waals surface area contributed by atoms with Gasteiger partial charge in [-0.1, -0.05) is 20.8 Å². The number of carbonyl (C=O) groups is 1. The monoisotopic (exact) mass is 479 g/mol. The van der Waals surface area contributed by atoms with Crippen molar-refractivity contribution in [1.82, 2.24) is 15.1 Å². The molecule has 5 rings (SSSR count). The molecule has 0 unspecified atom stereocenters. The third-order valence-electron chi connectivity index (χ3n) is 5.86. The number of thiophene rings is 1. The van der Waals surface area contributed by atoms with Crippen LogP contribution in [0.5, 0.6) is 11.5 Å². The zero-order valence-corrected chi connectivity index (χ0v) is 20.8. The molecule has 2 aliphatic rings. The second-order valence-electron chi connectivity index (χ2n) is 9.71. The van der Waals surface area contributed by atoms with Gasteiger partial charge in [-0.15, -0.1) is 0 Å². The summed E-state index contributed by atoms with van der Waals surface area (Å²) >= 11 is 1.59. The standard InChI is InChI=1S/C26H29N3O4S/c1-26(2,3)15-27-25(30)23-19-13-33-22-12-21(31-4)17(20-7-5-6-9-32-20)11-18(22)24(19)29(28-23)16-8-10-34-14-16/h7-8,10-12,14H,5-6,9,13,15H2,1-4H3,(H,27,30). The number of aromatic nitrogens is 2. The number of methoxy groups -OCH3 is 1. The van der Waals surface area contributed by atoms with E-state index in [-0.39, 0.29) is 17.9 Å². The second-order valence-corrected chi connectivity index (χ2v) is 10.5. The van der Waals surface area contributed by atoms with Gasteiger partial charge in [0.05, 0.1) is 30.7 Å². The molecule has 0 spiro atoms. The average molecular weight is 480 g/mol. The molecule has 8 heteroatoms. The number of nitrogens with one attached hydrogen (secondary N) is 1. The first-order valence-electron chi connectivity index (χ1n) is 11.5. The van der Waals surface area contributed by atoms with Gasteiger partial charge in [0, 0.05) is 29.1 Å². The zero-order chi connectivity index (χ0) is 23.9. The maximum Gasteiger partial charge on any atom is 0.272 e. The summed E-state index contributed by atoms with van der Waals surface area (Å²) in [6, 6.07) is 5.93. The van der Waals surface area contributed by atoms with E-state index < -0.39 is 0 Å². The SMILES string of the molecule is COc1cc2c(cc1C1=CCCCO1)-c1c(c(C(=O)NCC(C)(C)C)nn1-c1ccsc1)CO2. The van der Waals surface area contributed by atoms with E-state index >= 15 is 0 Å². The number of nitrogens with zero attached hydrogens (tertiary/aromatic N) is 2. The summed E-state index contributed by atoms with van der Waals surface area (Å²) in [7, 11) is 1.65. The van der Waals surface area contributed by atoms with Gasteiger partial charge in [-0.2, -0.15) is 16.4 Å². The molecule has 34 heavy (non-hydrogen) atoms. The van der Waals surface area contributed by atoms with Crippen LogP contribution in [-0.4, -0.2) is 35.9 Å². The number of hydrogen-bond acceptors (Lipinski definition) is 6. The van der Waals surface area contributed by atoms with Crippen molar-refractivity contribution in [3.8, 4) is 28.4 Å². The van der Waals surface area contributed by atoms with Crippen LogP contribution in [0, 0.1) is 5.41 Å². The Hall–Kier alpha value is -3.26. The molecule has 0 atom stereocenters. The highest BCUT2D eigenvalue weighted by atomic mass is 32.1. The Morgan fingerprint density at radius 3 is 2.79 bits per heavy atom. The summed E-state index contributed by atoms with van der Waals surface area (Å²) in [5, 5.41) is 11.8. The van der Waals surface area contributed by atoms with E-state index in [1.54, 1.807) is 18.4 Å². The molecule has 2 aromatic heterocycles. The van der Waals surface area contributed by atoms with Gasteiger partial charge in [-0.25, -0.2) is 4.68 Å². The minimum Gasteiger partial charge on any atom is -0.496 e. The van der Waals surface area contributed by atoms with Crippen LogP contribution >= 0.6 is 11.3 Å². The van der Waals surface area contributed by atoms with Crippen LogP contribution in [-0.2, 0) is 11.3 Å². The Labute approximate surface area is 203 Å². The molecule has 178 valence electrons. The van der Waals surface area contributed by atoms with Crippen molar-refractivity contribution in [2.24, 2.45) is 5.41 Å². The highest BCUT2D eigenvalue weighted by molar-refractivity contribution is 7.08. The molecule has 0 fully saturated rings. The van der Waals surface area contributed by atoms with Crippen LogP contribution in [0.1, 0.15) is 55.2 Å². The quantitative estimate of drug-likeness (QED) is 0.528. The van der Waals surface area contributed by atoms with E-state index in [4.69, 9.17) is 19.3 Å². The number of carbonyl (C=O) groups excluding carboxylic acids is 1. The molecule has 0 saturated heterocycles. The molecule has 2 aliphatic heterocycles. The third-order valence-corrected chi connectivity index (χ3v) is 6.53. The Morgan fingerprint density at radius 1 is 1.26 bits per heavy atom. The number of hydrogen-bond donors (Lipinski definition) is 1. The summed E-state index contributed by atoms with van der Waals surface area (Å²) in [5.41, 5.74) is 4.64.